The molecule has 7 heteroatoms. The molecule has 0 fully saturated rings. The lowest BCUT2D eigenvalue weighted by Crippen LogP contribution is -2.36. The predicted octanol–water partition coefficient (Wildman–Crippen LogP) is 2.48. The summed E-state index contributed by atoms with van der Waals surface area (Å²) in [6.07, 6.45) is -0.880. The van der Waals surface area contributed by atoms with Crippen LogP contribution in [0.4, 0.5) is 0 Å². The molecule has 0 saturated carbocycles. The van der Waals surface area contributed by atoms with E-state index >= 15 is 0 Å². The fraction of sp³-hybridized carbons (Fsp3) is 0.526. The van der Waals surface area contributed by atoms with Gasteiger partial charge in [0.25, 0.3) is 6.29 Å². The maximum absolute atomic E-state index is 12.3. The van der Waals surface area contributed by atoms with Crippen molar-refractivity contribution >= 4 is 17.9 Å². The Morgan fingerprint density at radius 3 is 2.23 bits per heavy atom. The SMILES string of the molecule is COC(=O)c1cc(C(C)(C)C(=O)OC)c2c(c1)C(C)(C)C(OC(C)=O)O2. The maximum atomic E-state index is 12.3. The van der Waals surface area contributed by atoms with Crippen LogP contribution in [0.2, 0.25) is 0 Å². The molecular formula is C19H24O7. The first-order chi connectivity index (χ1) is 12.0. The highest BCUT2D eigenvalue weighted by Gasteiger charge is 2.48. The Balaban J connectivity index is 2.72. The number of methoxy groups -OCH3 is 2. The van der Waals surface area contributed by atoms with Gasteiger partial charge in [-0.05, 0) is 39.8 Å². The third-order valence-electron chi connectivity index (χ3n) is 4.66. The van der Waals surface area contributed by atoms with Crippen molar-refractivity contribution in [3.05, 3.63) is 28.8 Å². The largest absolute Gasteiger partial charge is 0.468 e. The molecule has 0 N–H and O–H groups in total. The van der Waals surface area contributed by atoms with Crippen LogP contribution >= 0.6 is 0 Å². The molecule has 0 saturated heterocycles. The van der Waals surface area contributed by atoms with Gasteiger partial charge in [0, 0.05) is 18.1 Å². The van der Waals surface area contributed by atoms with Gasteiger partial charge in [-0.3, -0.25) is 9.59 Å². The lowest BCUT2D eigenvalue weighted by molar-refractivity contribution is -0.166. The predicted molar refractivity (Wildman–Crippen MR) is 92.0 cm³/mol. The van der Waals surface area contributed by atoms with E-state index in [1.807, 2.05) is 13.8 Å². The van der Waals surface area contributed by atoms with E-state index in [0.717, 1.165) is 0 Å². The van der Waals surface area contributed by atoms with E-state index < -0.39 is 35.0 Å². The van der Waals surface area contributed by atoms with E-state index in [2.05, 4.69) is 0 Å². The minimum absolute atomic E-state index is 0.276. The van der Waals surface area contributed by atoms with E-state index in [1.165, 1.54) is 21.1 Å². The molecule has 1 heterocycles. The molecule has 7 nitrogen and oxygen atoms in total. The fourth-order valence-electron chi connectivity index (χ4n) is 3.00. The molecule has 1 unspecified atom stereocenters. The van der Waals surface area contributed by atoms with E-state index in [0.29, 0.717) is 16.9 Å². The van der Waals surface area contributed by atoms with Crippen molar-refractivity contribution in [2.24, 2.45) is 0 Å². The van der Waals surface area contributed by atoms with Gasteiger partial charge in [-0.1, -0.05) is 0 Å². The van der Waals surface area contributed by atoms with Gasteiger partial charge in [-0.2, -0.15) is 0 Å². The zero-order valence-electron chi connectivity index (χ0n) is 16.1. The Kier molecular flexibility index (Phi) is 5.03. The van der Waals surface area contributed by atoms with Crippen molar-refractivity contribution < 1.29 is 33.3 Å². The molecule has 2 rings (SSSR count). The number of hydrogen-bond donors (Lipinski definition) is 0. The van der Waals surface area contributed by atoms with Crippen molar-refractivity contribution in [1.82, 2.24) is 0 Å². The zero-order valence-corrected chi connectivity index (χ0v) is 16.1. The van der Waals surface area contributed by atoms with Crippen LogP contribution in [0, 0.1) is 0 Å². The van der Waals surface area contributed by atoms with Crippen molar-refractivity contribution in [3.63, 3.8) is 0 Å². The summed E-state index contributed by atoms with van der Waals surface area (Å²) in [4.78, 5) is 35.9. The second kappa shape index (κ2) is 6.63. The fourth-order valence-corrected chi connectivity index (χ4v) is 3.00. The summed E-state index contributed by atoms with van der Waals surface area (Å²) in [5.41, 5.74) is -0.433. The van der Waals surface area contributed by atoms with Crippen LogP contribution in [-0.2, 0) is 34.6 Å². The van der Waals surface area contributed by atoms with Crippen LogP contribution in [0.25, 0.3) is 0 Å². The Labute approximate surface area is 152 Å². The van der Waals surface area contributed by atoms with Crippen LogP contribution in [0.5, 0.6) is 5.75 Å². The highest BCUT2D eigenvalue weighted by Crippen LogP contribution is 2.49. The summed E-state index contributed by atoms with van der Waals surface area (Å²) >= 11 is 0. The Hall–Kier alpha value is -2.57. The van der Waals surface area contributed by atoms with Gasteiger partial charge < -0.3 is 18.9 Å². The van der Waals surface area contributed by atoms with Crippen molar-refractivity contribution in [2.45, 2.75) is 51.7 Å². The van der Waals surface area contributed by atoms with Crippen LogP contribution in [0.15, 0.2) is 12.1 Å². The molecule has 0 spiro atoms. The molecule has 26 heavy (non-hydrogen) atoms. The number of esters is 3. The van der Waals surface area contributed by atoms with Gasteiger partial charge in [-0.25, -0.2) is 4.79 Å². The summed E-state index contributed by atoms with van der Waals surface area (Å²) in [6.45, 7) is 8.31. The third-order valence-corrected chi connectivity index (χ3v) is 4.66. The Morgan fingerprint density at radius 2 is 1.73 bits per heavy atom. The number of ether oxygens (including phenoxy) is 4. The summed E-state index contributed by atoms with van der Waals surface area (Å²) in [7, 11) is 2.57. The highest BCUT2D eigenvalue weighted by atomic mass is 16.7. The van der Waals surface area contributed by atoms with Gasteiger partial charge in [0.1, 0.15) is 5.75 Å². The molecule has 1 aromatic carbocycles. The normalized spacial score (nSPS) is 17.7. The second-order valence-corrected chi connectivity index (χ2v) is 7.29. The molecule has 142 valence electrons. The van der Waals surface area contributed by atoms with Gasteiger partial charge in [0.2, 0.25) is 0 Å². The summed E-state index contributed by atoms with van der Waals surface area (Å²) in [6, 6.07) is 3.19. The smallest absolute Gasteiger partial charge is 0.337 e. The van der Waals surface area contributed by atoms with Crippen LogP contribution in [-0.4, -0.2) is 38.4 Å². The molecule has 1 aromatic rings. The van der Waals surface area contributed by atoms with Gasteiger partial charge in [0.15, 0.2) is 0 Å². The van der Waals surface area contributed by atoms with Crippen molar-refractivity contribution in [3.8, 4) is 5.75 Å². The van der Waals surface area contributed by atoms with Gasteiger partial charge in [0.05, 0.1) is 30.6 Å². The first-order valence-corrected chi connectivity index (χ1v) is 8.16. The number of carbonyl (C=O) groups is 3. The minimum atomic E-state index is -1.09. The summed E-state index contributed by atoms with van der Waals surface area (Å²) < 4.78 is 20.9. The minimum Gasteiger partial charge on any atom is -0.468 e. The average molecular weight is 364 g/mol. The molecule has 1 aliphatic heterocycles. The standard InChI is InChI=1S/C19H24O7/c1-10(20)25-17-19(4,5)13-9-11(15(21)23-6)8-12(14(13)26-17)18(2,3)16(22)24-7/h8-9,17H,1-7H3. The van der Waals surface area contributed by atoms with Crippen molar-refractivity contribution in [2.75, 3.05) is 14.2 Å². The molecule has 0 aromatic heterocycles. The molecular weight excluding hydrogens is 340 g/mol. The highest BCUT2D eigenvalue weighted by molar-refractivity contribution is 5.92. The van der Waals surface area contributed by atoms with Gasteiger partial charge >= 0.3 is 17.9 Å². The average Bonchev–Trinajstić information content (AvgIpc) is 2.82. The Bertz CT molecular complexity index is 761. The van der Waals surface area contributed by atoms with Gasteiger partial charge in [-0.15, -0.1) is 0 Å². The van der Waals surface area contributed by atoms with E-state index in [9.17, 15) is 14.4 Å². The second-order valence-electron chi connectivity index (χ2n) is 7.29. The maximum Gasteiger partial charge on any atom is 0.337 e. The molecule has 1 aliphatic rings. The summed E-state index contributed by atoms with van der Waals surface area (Å²) in [5.74, 6) is -1.11. The van der Waals surface area contributed by atoms with Crippen LogP contribution in [0.1, 0.15) is 56.1 Å². The van der Waals surface area contributed by atoms with Crippen LogP contribution < -0.4 is 4.74 Å². The molecule has 0 bridgehead atoms. The number of fused-ring (bicyclic) bond motifs is 1. The molecule has 0 aliphatic carbocycles. The number of benzene rings is 1. The van der Waals surface area contributed by atoms with E-state index in [-0.39, 0.29) is 5.56 Å². The number of rotatable bonds is 4. The molecule has 1 atom stereocenters. The zero-order chi connectivity index (χ0) is 19.9. The van der Waals surface area contributed by atoms with Crippen LogP contribution in [0.3, 0.4) is 0 Å². The monoisotopic (exact) mass is 364 g/mol. The van der Waals surface area contributed by atoms with Crippen molar-refractivity contribution in [1.29, 1.82) is 0 Å². The quantitative estimate of drug-likeness (QED) is 0.599. The third kappa shape index (κ3) is 3.13. The number of carbonyl (C=O) groups excluding carboxylic acids is 3. The first-order valence-electron chi connectivity index (χ1n) is 8.16. The topological polar surface area (TPSA) is 88.1 Å². The number of hydrogen-bond acceptors (Lipinski definition) is 7. The van der Waals surface area contributed by atoms with E-state index in [1.54, 1.807) is 26.0 Å². The lowest BCUT2D eigenvalue weighted by atomic mass is 9.78. The molecule has 0 radical (unpaired) electrons. The van der Waals surface area contributed by atoms with E-state index in [4.69, 9.17) is 18.9 Å². The Morgan fingerprint density at radius 1 is 1.12 bits per heavy atom. The molecule has 0 amide bonds. The first kappa shape index (κ1) is 19.8. The summed E-state index contributed by atoms with van der Waals surface area (Å²) in [5, 5.41) is 0. The lowest BCUT2D eigenvalue weighted by Gasteiger charge is -2.25.